The Bertz CT molecular complexity index is 708. The van der Waals surface area contributed by atoms with Crippen LogP contribution in [0.2, 0.25) is 5.02 Å². The number of fused-ring (bicyclic) bond motifs is 1. The lowest BCUT2D eigenvalue weighted by Gasteiger charge is -2.07. The van der Waals surface area contributed by atoms with Gasteiger partial charge in [0.15, 0.2) is 0 Å². The number of ether oxygens (including phenoxy) is 1. The predicted molar refractivity (Wildman–Crippen MR) is 73.2 cm³/mol. The molecular formula is C13H11ClN4O. The Hall–Kier alpha value is -2.27. The van der Waals surface area contributed by atoms with Crippen molar-refractivity contribution in [2.75, 3.05) is 5.73 Å². The normalized spacial score (nSPS) is 10.8. The van der Waals surface area contributed by atoms with Crippen LogP contribution in [0.25, 0.3) is 5.65 Å². The number of aromatic nitrogens is 3. The predicted octanol–water partition coefficient (Wildman–Crippen LogP) is 2.54. The highest BCUT2D eigenvalue weighted by molar-refractivity contribution is 6.30. The molecule has 0 unspecified atom stereocenters. The summed E-state index contributed by atoms with van der Waals surface area (Å²) < 4.78 is 7.44. The second kappa shape index (κ2) is 4.78. The zero-order valence-corrected chi connectivity index (χ0v) is 10.7. The van der Waals surface area contributed by atoms with Crippen molar-refractivity contribution in [2.24, 2.45) is 0 Å². The number of imidazole rings is 1. The highest BCUT2D eigenvalue weighted by Gasteiger charge is 2.07. The molecule has 3 aromatic rings. The molecule has 0 amide bonds. The van der Waals surface area contributed by atoms with E-state index in [9.17, 15) is 0 Å². The number of hydrogen-bond donors (Lipinski definition) is 1. The summed E-state index contributed by atoms with van der Waals surface area (Å²) in [7, 11) is 0. The molecule has 3 rings (SSSR count). The topological polar surface area (TPSA) is 65.4 Å². The van der Waals surface area contributed by atoms with E-state index in [1.165, 1.54) is 0 Å². The highest BCUT2D eigenvalue weighted by Crippen LogP contribution is 2.19. The van der Waals surface area contributed by atoms with Gasteiger partial charge in [-0.05, 0) is 17.7 Å². The fourth-order valence-electron chi connectivity index (χ4n) is 1.75. The van der Waals surface area contributed by atoms with Gasteiger partial charge >= 0.3 is 0 Å². The van der Waals surface area contributed by atoms with Gasteiger partial charge in [0, 0.05) is 17.4 Å². The summed E-state index contributed by atoms with van der Waals surface area (Å²) in [6, 6.07) is 7.44. The molecule has 2 N–H and O–H groups in total. The molecule has 0 aliphatic carbocycles. The second-order valence-corrected chi connectivity index (χ2v) is 4.48. The lowest BCUT2D eigenvalue weighted by Crippen LogP contribution is -2.02. The minimum Gasteiger partial charge on any atom is -0.470 e. The van der Waals surface area contributed by atoms with E-state index in [-0.39, 0.29) is 0 Å². The Labute approximate surface area is 114 Å². The SMILES string of the molecule is Nc1cn2ccnc2c(OCc2ccc(Cl)cc2)n1. The fraction of sp³-hybridized carbons (Fsp3) is 0.0769. The number of benzene rings is 1. The van der Waals surface area contributed by atoms with Crippen molar-refractivity contribution in [3.05, 3.63) is 53.4 Å². The van der Waals surface area contributed by atoms with Gasteiger partial charge in [-0.2, -0.15) is 4.98 Å². The van der Waals surface area contributed by atoms with Crippen molar-refractivity contribution in [1.82, 2.24) is 14.4 Å². The molecule has 0 aliphatic heterocycles. The quantitative estimate of drug-likeness (QED) is 0.797. The van der Waals surface area contributed by atoms with Crippen LogP contribution in [0.1, 0.15) is 5.56 Å². The third kappa shape index (κ3) is 2.46. The molecule has 1 aromatic carbocycles. The summed E-state index contributed by atoms with van der Waals surface area (Å²) in [5.41, 5.74) is 7.36. The third-order valence-electron chi connectivity index (χ3n) is 2.65. The Morgan fingerprint density at radius 1 is 1.26 bits per heavy atom. The molecule has 0 fully saturated rings. The number of rotatable bonds is 3. The molecule has 0 saturated heterocycles. The van der Waals surface area contributed by atoms with Gasteiger partial charge in [-0.15, -0.1) is 0 Å². The average molecular weight is 275 g/mol. The van der Waals surface area contributed by atoms with Gasteiger partial charge < -0.3 is 10.5 Å². The summed E-state index contributed by atoms with van der Waals surface area (Å²) in [5, 5.41) is 0.696. The van der Waals surface area contributed by atoms with E-state index >= 15 is 0 Å². The first-order chi connectivity index (χ1) is 9.22. The zero-order valence-electron chi connectivity index (χ0n) is 9.95. The molecule has 0 aliphatic rings. The van der Waals surface area contributed by atoms with Crippen molar-refractivity contribution in [3.63, 3.8) is 0 Å². The van der Waals surface area contributed by atoms with E-state index in [1.54, 1.807) is 23.0 Å². The summed E-state index contributed by atoms with van der Waals surface area (Å²) >= 11 is 5.83. The molecule has 0 bridgehead atoms. The first kappa shape index (κ1) is 11.8. The molecule has 0 saturated carbocycles. The lowest BCUT2D eigenvalue weighted by atomic mass is 10.2. The largest absolute Gasteiger partial charge is 0.470 e. The van der Waals surface area contributed by atoms with Gasteiger partial charge in [0.1, 0.15) is 12.4 Å². The van der Waals surface area contributed by atoms with Gasteiger partial charge in [0.2, 0.25) is 5.65 Å². The Morgan fingerprint density at radius 3 is 2.84 bits per heavy atom. The smallest absolute Gasteiger partial charge is 0.260 e. The van der Waals surface area contributed by atoms with Crippen LogP contribution < -0.4 is 10.5 Å². The van der Waals surface area contributed by atoms with Gasteiger partial charge in [0.05, 0.1) is 6.20 Å². The van der Waals surface area contributed by atoms with Crippen molar-refractivity contribution >= 4 is 23.1 Å². The second-order valence-electron chi connectivity index (χ2n) is 4.04. The Kier molecular flexibility index (Phi) is 2.97. The molecule has 2 heterocycles. The Balaban J connectivity index is 1.85. The maximum atomic E-state index is 5.83. The summed E-state index contributed by atoms with van der Waals surface area (Å²) in [4.78, 5) is 8.34. The molecule has 0 atom stereocenters. The summed E-state index contributed by atoms with van der Waals surface area (Å²) in [6.45, 7) is 0.385. The van der Waals surface area contributed by atoms with Gasteiger partial charge in [-0.1, -0.05) is 23.7 Å². The van der Waals surface area contributed by atoms with E-state index in [1.807, 2.05) is 24.3 Å². The van der Waals surface area contributed by atoms with Crippen molar-refractivity contribution in [2.45, 2.75) is 6.61 Å². The van der Waals surface area contributed by atoms with Gasteiger partial charge in [0.25, 0.3) is 5.88 Å². The van der Waals surface area contributed by atoms with Crippen LogP contribution in [-0.2, 0) is 6.61 Å². The van der Waals surface area contributed by atoms with E-state index < -0.39 is 0 Å². The van der Waals surface area contributed by atoms with E-state index in [4.69, 9.17) is 22.1 Å². The van der Waals surface area contributed by atoms with Crippen LogP contribution in [0.4, 0.5) is 5.82 Å². The number of nitrogens with zero attached hydrogens (tertiary/aromatic N) is 3. The van der Waals surface area contributed by atoms with Gasteiger partial charge in [-0.25, -0.2) is 4.98 Å². The van der Waals surface area contributed by atoms with Crippen LogP contribution in [0.5, 0.6) is 5.88 Å². The Morgan fingerprint density at radius 2 is 2.05 bits per heavy atom. The van der Waals surface area contributed by atoms with Crippen LogP contribution in [-0.4, -0.2) is 14.4 Å². The average Bonchev–Trinajstić information content (AvgIpc) is 2.85. The number of nitrogens with two attached hydrogens (primary N) is 1. The zero-order chi connectivity index (χ0) is 13.2. The molecule has 6 heteroatoms. The van der Waals surface area contributed by atoms with Crippen LogP contribution in [0, 0.1) is 0 Å². The van der Waals surface area contributed by atoms with Crippen molar-refractivity contribution in [3.8, 4) is 5.88 Å². The first-order valence-corrected chi connectivity index (χ1v) is 6.06. The summed E-state index contributed by atoms with van der Waals surface area (Å²) in [6.07, 6.45) is 5.16. The standard InChI is InChI=1S/C13H11ClN4O/c14-10-3-1-9(2-4-10)8-19-13-12-16-5-6-18(12)7-11(15)17-13/h1-7H,8,15H2. The van der Waals surface area contributed by atoms with E-state index in [0.29, 0.717) is 29.0 Å². The number of anilines is 1. The molecule has 5 nitrogen and oxygen atoms in total. The number of halogens is 1. The molecule has 19 heavy (non-hydrogen) atoms. The van der Waals surface area contributed by atoms with E-state index in [0.717, 1.165) is 5.56 Å². The molecule has 96 valence electrons. The fourth-order valence-corrected chi connectivity index (χ4v) is 1.88. The van der Waals surface area contributed by atoms with Crippen molar-refractivity contribution < 1.29 is 4.74 Å². The molecule has 0 spiro atoms. The minimum atomic E-state index is 0.385. The maximum absolute atomic E-state index is 5.83. The maximum Gasteiger partial charge on any atom is 0.260 e. The van der Waals surface area contributed by atoms with Gasteiger partial charge in [-0.3, -0.25) is 4.40 Å². The van der Waals surface area contributed by atoms with Crippen molar-refractivity contribution in [1.29, 1.82) is 0 Å². The minimum absolute atomic E-state index is 0.385. The van der Waals surface area contributed by atoms with E-state index in [2.05, 4.69) is 9.97 Å². The summed E-state index contributed by atoms with van der Waals surface area (Å²) in [5.74, 6) is 0.802. The number of hydrogen-bond acceptors (Lipinski definition) is 4. The first-order valence-electron chi connectivity index (χ1n) is 5.69. The monoisotopic (exact) mass is 274 g/mol. The van der Waals surface area contributed by atoms with Crippen LogP contribution in [0.15, 0.2) is 42.9 Å². The lowest BCUT2D eigenvalue weighted by molar-refractivity contribution is 0.296. The third-order valence-corrected chi connectivity index (χ3v) is 2.90. The highest BCUT2D eigenvalue weighted by atomic mass is 35.5. The molecule has 2 aromatic heterocycles. The number of nitrogen functional groups attached to an aromatic ring is 1. The molecule has 0 radical (unpaired) electrons. The molecular weight excluding hydrogens is 264 g/mol. The van der Waals surface area contributed by atoms with Crippen LogP contribution in [0.3, 0.4) is 0 Å². The van der Waals surface area contributed by atoms with Crippen LogP contribution >= 0.6 is 11.6 Å².